The van der Waals surface area contributed by atoms with Crippen molar-refractivity contribution in [2.24, 2.45) is 0 Å². The van der Waals surface area contributed by atoms with Crippen molar-refractivity contribution in [3.8, 4) is 10.4 Å². The smallest absolute Gasteiger partial charge is 0.231 e. The van der Waals surface area contributed by atoms with Crippen LogP contribution in [0.5, 0.6) is 0 Å². The molecule has 0 spiro atoms. The molecule has 1 aliphatic heterocycles. The van der Waals surface area contributed by atoms with Crippen molar-refractivity contribution in [2.75, 3.05) is 7.05 Å². The number of pyridine rings is 1. The summed E-state index contributed by atoms with van der Waals surface area (Å²) in [6.07, 6.45) is 3.86. The van der Waals surface area contributed by atoms with Crippen LogP contribution in [0.25, 0.3) is 10.4 Å². The molecule has 5 nitrogen and oxygen atoms in total. The van der Waals surface area contributed by atoms with Crippen molar-refractivity contribution in [2.45, 2.75) is 18.9 Å². The van der Waals surface area contributed by atoms with Crippen LogP contribution in [0.4, 0.5) is 0 Å². The Hall–Kier alpha value is -1.25. The zero-order chi connectivity index (χ0) is 16.8. The summed E-state index contributed by atoms with van der Waals surface area (Å²) in [5.74, 6) is 0.0605. The lowest BCUT2D eigenvalue weighted by molar-refractivity contribution is -0.129. The number of guanidine groups is 1. The van der Waals surface area contributed by atoms with Gasteiger partial charge in [-0.05, 0) is 50.9 Å². The van der Waals surface area contributed by atoms with Crippen LogP contribution in [0, 0.1) is 5.41 Å². The zero-order valence-electron chi connectivity index (χ0n) is 12.5. The number of rotatable bonds is 2. The topological polar surface area (TPSA) is 69.1 Å². The van der Waals surface area contributed by atoms with Gasteiger partial charge in [0.25, 0.3) is 0 Å². The van der Waals surface area contributed by atoms with E-state index in [1.165, 1.54) is 4.90 Å². The van der Waals surface area contributed by atoms with E-state index < -0.39 is 5.54 Å². The van der Waals surface area contributed by atoms with Crippen molar-refractivity contribution in [3.63, 3.8) is 0 Å². The third kappa shape index (κ3) is 3.07. The predicted molar refractivity (Wildman–Crippen MR) is 98.6 cm³/mol. The van der Waals surface area contributed by atoms with Crippen LogP contribution in [0.1, 0.15) is 18.2 Å². The summed E-state index contributed by atoms with van der Waals surface area (Å²) in [5, 5.41) is 11.1. The van der Waals surface area contributed by atoms with Crippen LogP contribution in [-0.4, -0.2) is 28.8 Å². The van der Waals surface area contributed by atoms with E-state index in [0.717, 1.165) is 24.3 Å². The summed E-state index contributed by atoms with van der Waals surface area (Å²) in [6, 6.07) is 4.02. The Balaban J connectivity index is 2.00. The fourth-order valence-electron chi connectivity index (χ4n) is 2.46. The fourth-order valence-corrected chi connectivity index (χ4v) is 4.81. The van der Waals surface area contributed by atoms with Crippen LogP contribution in [0.3, 0.4) is 0 Å². The first-order valence-electron chi connectivity index (χ1n) is 6.84. The van der Waals surface area contributed by atoms with Gasteiger partial charge in [0, 0.05) is 38.8 Å². The van der Waals surface area contributed by atoms with Crippen LogP contribution < -0.4 is 5.32 Å². The lowest BCUT2D eigenvalue weighted by atomic mass is 9.93. The van der Waals surface area contributed by atoms with E-state index in [2.05, 4.69) is 42.2 Å². The number of amides is 1. The molecule has 2 aromatic heterocycles. The van der Waals surface area contributed by atoms with Crippen LogP contribution in [-0.2, 0) is 10.3 Å². The normalized spacial score (nSPS) is 21.5. The first kappa shape index (κ1) is 16.6. The van der Waals surface area contributed by atoms with Crippen molar-refractivity contribution in [1.82, 2.24) is 15.2 Å². The molecule has 1 fully saturated rings. The number of hydrogen-bond acceptors (Lipinski definition) is 4. The highest BCUT2D eigenvalue weighted by Crippen LogP contribution is 2.42. The van der Waals surface area contributed by atoms with E-state index in [0.29, 0.717) is 6.42 Å². The van der Waals surface area contributed by atoms with Crippen LogP contribution in [0.2, 0.25) is 0 Å². The molecule has 2 aromatic rings. The number of halogens is 2. The lowest BCUT2D eigenvalue weighted by Crippen LogP contribution is -2.57. The van der Waals surface area contributed by atoms with Gasteiger partial charge in [0.05, 0.1) is 16.8 Å². The largest absolute Gasteiger partial charge is 0.345 e. The van der Waals surface area contributed by atoms with E-state index in [1.54, 1.807) is 24.6 Å². The zero-order valence-corrected chi connectivity index (χ0v) is 16.5. The molecule has 1 unspecified atom stereocenters. The summed E-state index contributed by atoms with van der Waals surface area (Å²) < 4.78 is 1.87. The van der Waals surface area contributed by atoms with Gasteiger partial charge < -0.3 is 5.32 Å². The van der Waals surface area contributed by atoms with Gasteiger partial charge in [-0.2, -0.15) is 0 Å². The molecule has 0 aromatic carbocycles. The van der Waals surface area contributed by atoms with Gasteiger partial charge >= 0.3 is 0 Å². The molecule has 8 heteroatoms. The van der Waals surface area contributed by atoms with E-state index in [9.17, 15) is 4.79 Å². The van der Waals surface area contributed by atoms with Crippen molar-refractivity contribution in [1.29, 1.82) is 5.41 Å². The molecule has 0 aliphatic carbocycles. The number of thiophene rings is 1. The highest BCUT2D eigenvalue weighted by atomic mass is 79.9. The monoisotopic (exact) mass is 456 g/mol. The Morgan fingerprint density at radius 1 is 1.39 bits per heavy atom. The highest BCUT2D eigenvalue weighted by Gasteiger charge is 2.39. The van der Waals surface area contributed by atoms with Gasteiger partial charge in [0.2, 0.25) is 5.91 Å². The number of hydrogen-bond donors (Lipinski definition) is 2. The molecule has 0 saturated carbocycles. The third-order valence-electron chi connectivity index (χ3n) is 3.81. The van der Waals surface area contributed by atoms with E-state index in [1.807, 2.05) is 25.3 Å². The number of aromatic nitrogens is 1. The molecule has 2 N–H and O–H groups in total. The van der Waals surface area contributed by atoms with E-state index in [4.69, 9.17) is 5.41 Å². The van der Waals surface area contributed by atoms with Crippen LogP contribution in [0.15, 0.2) is 33.5 Å². The average molecular weight is 458 g/mol. The first-order valence-corrected chi connectivity index (χ1v) is 9.24. The Labute approximate surface area is 154 Å². The molecule has 3 heterocycles. The molecule has 1 aliphatic rings. The van der Waals surface area contributed by atoms with E-state index in [-0.39, 0.29) is 11.9 Å². The Morgan fingerprint density at radius 2 is 2.13 bits per heavy atom. The SMILES string of the molecule is CN1C(=N)NC(C)(c2cc(Br)c(-c3cncc(Br)c3)s2)CC1=O. The minimum absolute atomic E-state index is 0.0635. The molecule has 3 rings (SSSR count). The Morgan fingerprint density at radius 3 is 2.78 bits per heavy atom. The first-order chi connectivity index (χ1) is 10.8. The number of carbonyl (C=O) groups is 1. The van der Waals surface area contributed by atoms with Crippen molar-refractivity contribution in [3.05, 3.63) is 38.3 Å². The summed E-state index contributed by atoms with van der Waals surface area (Å²) in [6.45, 7) is 1.95. The Bertz CT molecular complexity index is 787. The minimum Gasteiger partial charge on any atom is -0.345 e. The maximum atomic E-state index is 12.1. The van der Waals surface area contributed by atoms with Gasteiger partial charge in [0.1, 0.15) is 0 Å². The van der Waals surface area contributed by atoms with Gasteiger partial charge in [-0.25, -0.2) is 0 Å². The second-order valence-electron chi connectivity index (χ2n) is 5.61. The second-order valence-corrected chi connectivity index (χ2v) is 8.44. The average Bonchev–Trinajstić information content (AvgIpc) is 2.87. The maximum absolute atomic E-state index is 12.1. The van der Waals surface area contributed by atoms with Gasteiger partial charge in [-0.3, -0.25) is 20.1 Å². The van der Waals surface area contributed by atoms with Crippen molar-refractivity contribution < 1.29 is 4.79 Å². The number of nitrogens with zero attached hydrogens (tertiary/aromatic N) is 2. The predicted octanol–water partition coefficient (Wildman–Crippen LogP) is 3.94. The maximum Gasteiger partial charge on any atom is 0.231 e. The summed E-state index contributed by atoms with van der Waals surface area (Å²) >= 11 is 8.63. The summed E-state index contributed by atoms with van der Waals surface area (Å²) in [4.78, 5) is 19.7. The molecule has 120 valence electrons. The molecule has 23 heavy (non-hydrogen) atoms. The van der Waals surface area contributed by atoms with Gasteiger partial charge in [0.15, 0.2) is 5.96 Å². The third-order valence-corrected chi connectivity index (χ3v) is 6.58. The van der Waals surface area contributed by atoms with Crippen LogP contribution >= 0.6 is 43.2 Å². The molecule has 0 radical (unpaired) electrons. The molecular formula is C15H14Br2N4OS. The minimum atomic E-state index is -0.578. The van der Waals surface area contributed by atoms with Crippen molar-refractivity contribution >= 4 is 55.1 Å². The second kappa shape index (κ2) is 5.99. The lowest BCUT2D eigenvalue weighted by Gasteiger charge is -2.38. The van der Waals surface area contributed by atoms with E-state index >= 15 is 0 Å². The highest BCUT2D eigenvalue weighted by molar-refractivity contribution is 9.11. The standard InChI is InChI=1S/C15H14Br2N4OS/c1-15(5-12(22)21(2)14(18)20-15)11-4-10(17)13(23-11)8-3-9(16)7-19-6-8/h3-4,6-7H,5H2,1-2H3,(H2,18,20). The Kier molecular flexibility index (Phi) is 4.33. The molecule has 0 bridgehead atoms. The number of nitrogens with one attached hydrogen (secondary N) is 2. The quantitative estimate of drug-likeness (QED) is 0.717. The summed E-state index contributed by atoms with van der Waals surface area (Å²) in [5.41, 5.74) is 0.423. The molecule has 1 saturated heterocycles. The van der Waals surface area contributed by atoms with Gasteiger partial charge in [-0.1, -0.05) is 0 Å². The molecular weight excluding hydrogens is 444 g/mol. The molecule has 1 amide bonds. The van der Waals surface area contributed by atoms with Gasteiger partial charge in [-0.15, -0.1) is 11.3 Å². The fraction of sp³-hybridized carbons (Fsp3) is 0.267. The molecule has 1 atom stereocenters. The number of carbonyl (C=O) groups excluding carboxylic acids is 1. The summed E-state index contributed by atoms with van der Waals surface area (Å²) in [7, 11) is 1.61.